The molecule has 0 aliphatic carbocycles. The van der Waals surface area contributed by atoms with Crippen molar-refractivity contribution in [3.63, 3.8) is 0 Å². The molecule has 108 valence electrons. The summed E-state index contributed by atoms with van der Waals surface area (Å²) >= 11 is 0. The number of phenolic OH excluding ortho intramolecular Hbond substituents is 1. The predicted molar refractivity (Wildman–Crippen MR) is 81.0 cm³/mol. The molecule has 3 aromatic rings. The minimum atomic E-state index is -0.271. The van der Waals surface area contributed by atoms with Gasteiger partial charge in [0.25, 0.3) is 0 Å². The second-order valence-electron chi connectivity index (χ2n) is 5.47. The van der Waals surface area contributed by atoms with Crippen molar-refractivity contribution in [1.29, 1.82) is 0 Å². The summed E-state index contributed by atoms with van der Waals surface area (Å²) in [6, 6.07) is 12.0. The molecule has 0 bridgehead atoms. The fourth-order valence-electron chi connectivity index (χ4n) is 2.62. The predicted octanol–water partition coefficient (Wildman–Crippen LogP) is 4.05. The van der Waals surface area contributed by atoms with Gasteiger partial charge >= 0.3 is 0 Å². The van der Waals surface area contributed by atoms with E-state index in [1.54, 1.807) is 18.2 Å². The van der Waals surface area contributed by atoms with Crippen LogP contribution in [0.15, 0.2) is 42.5 Å². The Bertz CT molecular complexity index is 775. The van der Waals surface area contributed by atoms with E-state index >= 15 is 0 Å². The zero-order valence-electron chi connectivity index (χ0n) is 12.0. The molecule has 0 saturated carbocycles. The molecule has 0 atom stereocenters. The Morgan fingerprint density at radius 3 is 2.52 bits per heavy atom. The highest BCUT2D eigenvalue weighted by atomic mass is 19.1. The summed E-state index contributed by atoms with van der Waals surface area (Å²) in [5.41, 5.74) is 2.68. The lowest BCUT2D eigenvalue weighted by Crippen LogP contribution is -2.06. The topological polar surface area (TPSA) is 38.0 Å². The minimum absolute atomic E-state index is 0.243. The number of phenols is 1. The summed E-state index contributed by atoms with van der Waals surface area (Å²) < 4.78 is 15.5. The van der Waals surface area contributed by atoms with E-state index in [1.165, 1.54) is 12.1 Å². The maximum absolute atomic E-state index is 13.4. The lowest BCUT2D eigenvalue weighted by molar-refractivity contribution is 0.475. The third-order valence-electron chi connectivity index (χ3n) is 3.54. The molecule has 0 amide bonds. The standard InChI is InChI=1S/C17H17FN2O/c1-11(2)20-16-8-5-13(18)10-15(16)19-17(20)9-12-3-6-14(21)7-4-12/h3-8,10-11,21H,9H2,1-2H3. The normalized spacial score (nSPS) is 11.4. The molecule has 2 aromatic carbocycles. The molecule has 3 rings (SSSR count). The second kappa shape index (κ2) is 5.20. The van der Waals surface area contributed by atoms with E-state index in [0.717, 1.165) is 16.9 Å². The molecular formula is C17H17FN2O. The van der Waals surface area contributed by atoms with Crippen molar-refractivity contribution in [2.75, 3.05) is 0 Å². The summed E-state index contributed by atoms with van der Waals surface area (Å²) in [6.45, 7) is 4.18. The molecule has 4 heteroatoms. The van der Waals surface area contributed by atoms with E-state index in [1.807, 2.05) is 12.1 Å². The van der Waals surface area contributed by atoms with Crippen molar-refractivity contribution in [1.82, 2.24) is 9.55 Å². The van der Waals surface area contributed by atoms with E-state index in [4.69, 9.17) is 0 Å². The van der Waals surface area contributed by atoms with Gasteiger partial charge in [-0.2, -0.15) is 0 Å². The third-order valence-corrected chi connectivity index (χ3v) is 3.54. The first-order valence-electron chi connectivity index (χ1n) is 6.99. The number of aromatic nitrogens is 2. The maximum atomic E-state index is 13.4. The summed E-state index contributed by atoms with van der Waals surface area (Å²) in [5, 5.41) is 9.35. The summed E-state index contributed by atoms with van der Waals surface area (Å²) in [6.07, 6.45) is 0.648. The maximum Gasteiger partial charge on any atom is 0.125 e. The van der Waals surface area contributed by atoms with Crippen LogP contribution < -0.4 is 0 Å². The van der Waals surface area contributed by atoms with Gasteiger partial charge in [0.2, 0.25) is 0 Å². The number of rotatable bonds is 3. The average molecular weight is 284 g/mol. The quantitative estimate of drug-likeness (QED) is 0.788. The minimum Gasteiger partial charge on any atom is -0.508 e. The average Bonchev–Trinajstić information content (AvgIpc) is 2.78. The SMILES string of the molecule is CC(C)n1c(Cc2ccc(O)cc2)nc2cc(F)ccc21. The van der Waals surface area contributed by atoms with Crippen LogP contribution in [0.2, 0.25) is 0 Å². The first kappa shape index (κ1) is 13.6. The van der Waals surface area contributed by atoms with Crippen LogP contribution in [-0.4, -0.2) is 14.7 Å². The monoisotopic (exact) mass is 284 g/mol. The number of nitrogens with zero attached hydrogens (tertiary/aromatic N) is 2. The van der Waals surface area contributed by atoms with Gasteiger partial charge in [0.15, 0.2) is 0 Å². The van der Waals surface area contributed by atoms with Crippen LogP contribution in [0.5, 0.6) is 5.75 Å². The number of benzene rings is 2. The van der Waals surface area contributed by atoms with E-state index in [9.17, 15) is 9.50 Å². The Morgan fingerprint density at radius 1 is 1.14 bits per heavy atom. The van der Waals surface area contributed by atoms with Crippen LogP contribution in [0.3, 0.4) is 0 Å². The van der Waals surface area contributed by atoms with Gasteiger partial charge in [0, 0.05) is 18.5 Å². The molecule has 3 nitrogen and oxygen atoms in total. The van der Waals surface area contributed by atoms with Crippen molar-refractivity contribution in [2.45, 2.75) is 26.3 Å². The fraction of sp³-hybridized carbons (Fsp3) is 0.235. The van der Waals surface area contributed by atoms with E-state index in [2.05, 4.69) is 23.4 Å². The van der Waals surface area contributed by atoms with Crippen LogP contribution in [0.25, 0.3) is 11.0 Å². The van der Waals surface area contributed by atoms with Gasteiger partial charge in [-0.05, 0) is 43.7 Å². The first-order valence-corrected chi connectivity index (χ1v) is 6.99. The lowest BCUT2D eigenvalue weighted by atomic mass is 10.1. The highest BCUT2D eigenvalue weighted by Crippen LogP contribution is 2.24. The van der Waals surface area contributed by atoms with Crippen molar-refractivity contribution >= 4 is 11.0 Å². The number of hydrogen-bond acceptors (Lipinski definition) is 2. The molecule has 0 radical (unpaired) electrons. The molecule has 1 heterocycles. The van der Waals surface area contributed by atoms with Gasteiger partial charge < -0.3 is 9.67 Å². The van der Waals surface area contributed by atoms with Crippen molar-refractivity contribution < 1.29 is 9.50 Å². The largest absolute Gasteiger partial charge is 0.508 e. The number of fused-ring (bicyclic) bond motifs is 1. The third kappa shape index (κ3) is 2.61. The van der Waals surface area contributed by atoms with Gasteiger partial charge in [-0.15, -0.1) is 0 Å². The van der Waals surface area contributed by atoms with Crippen LogP contribution in [0.1, 0.15) is 31.3 Å². The Labute approximate surface area is 122 Å². The van der Waals surface area contributed by atoms with Crippen LogP contribution in [0.4, 0.5) is 4.39 Å². The molecule has 0 fully saturated rings. The summed E-state index contributed by atoms with van der Waals surface area (Å²) in [7, 11) is 0. The Kier molecular flexibility index (Phi) is 3.37. The van der Waals surface area contributed by atoms with Gasteiger partial charge in [-0.3, -0.25) is 0 Å². The van der Waals surface area contributed by atoms with Crippen molar-refractivity contribution in [2.24, 2.45) is 0 Å². The summed E-state index contributed by atoms with van der Waals surface area (Å²) in [4.78, 5) is 4.57. The molecule has 0 aliphatic heterocycles. The van der Waals surface area contributed by atoms with Gasteiger partial charge in [0.05, 0.1) is 11.0 Å². The molecule has 1 N–H and O–H groups in total. The molecule has 0 spiro atoms. The van der Waals surface area contributed by atoms with Crippen LogP contribution in [-0.2, 0) is 6.42 Å². The zero-order chi connectivity index (χ0) is 15.0. The molecule has 0 unspecified atom stereocenters. The number of halogens is 1. The highest BCUT2D eigenvalue weighted by molar-refractivity contribution is 5.76. The zero-order valence-corrected chi connectivity index (χ0v) is 12.0. The van der Waals surface area contributed by atoms with E-state index in [0.29, 0.717) is 11.9 Å². The lowest BCUT2D eigenvalue weighted by Gasteiger charge is -2.13. The molecule has 0 saturated heterocycles. The van der Waals surface area contributed by atoms with Crippen molar-refractivity contribution in [3.05, 3.63) is 59.7 Å². The van der Waals surface area contributed by atoms with Gasteiger partial charge in [-0.25, -0.2) is 9.37 Å². The Balaban J connectivity index is 2.08. The van der Waals surface area contributed by atoms with Crippen LogP contribution in [0, 0.1) is 5.82 Å². The Morgan fingerprint density at radius 2 is 1.86 bits per heavy atom. The first-order chi connectivity index (χ1) is 10.0. The molecule has 0 aliphatic rings. The molecule has 1 aromatic heterocycles. The number of aromatic hydroxyl groups is 1. The summed E-state index contributed by atoms with van der Waals surface area (Å²) in [5.74, 6) is 0.876. The van der Waals surface area contributed by atoms with Gasteiger partial charge in [0.1, 0.15) is 17.4 Å². The molecule has 21 heavy (non-hydrogen) atoms. The van der Waals surface area contributed by atoms with Gasteiger partial charge in [-0.1, -0.05) is 12.1 Å². The fourth-order valence-corrected chi connectivity index (χ4v) is 2.62. The van der Waals surface area contributed by atoms with Crippen LogP contribution >= 0.6 is 0 Å². The number of hydrogen-bond donors (Lipinski definition) is 1. The van der Waals surface area contributed by atoms with Crippen molar-refractivity contribution in [3.8, 4) is 5.75 Å². The second-order valence-corrected chi connectivity index (χ2v) is 5.47. The number of imidazole rings is 1. The Hall–Kier alpha value is -2.36. The highest BCUT2D eigenvalue weighted by Gasteiger charge is 2.14. The molecular weight excluding hydrogens is 267 g/mol. The van der Waals surface area contributed by atoms with E-state index < -0.39 is 0 Å². The smallest absolute Gasteiger partial charge is 0.125 e. The van der Waals surface area contributed by atoms with E-state index in [-0.39, 0.29) is 17.6 Å².